The first-order valence-corrected chi connectivity index (χ1v) is 5.71. The van der Waals surface area contributed by atoms with Crippen LogP contribution in [0.25, 0.3) is 0 Å². The molecule has 1 unspecified atom stereocenters. The second-order valence-electron chi connectivity index (χ2n) is 5.00. The quantitative estimate of drug-likeness (QED) is 0.852. The van der Waals surface area contributed by atoms with Gasteiger partial charge in [0.15, 0.2) is 0 Å². The van der Waals surface area contributed by atoms with E-state index in [0.717, 1.165) is 24.5 Å². The smallest absolute Gasteiger partial charge is 0.313 e. The molecule has 94 valence electrons. The van der Waals surface area contributed by atoms with Gasteiger partial charge in [0.05, 0.1) is 5.56 Å². The molecule has 0 saturated heterocycles. The van der Waals surface area contributed by atoms with Crippen molar-refractivity contribution in [3.8, 4) is 0 Å². The second kappa shape index (κ2) is 4.02. The van der Waals surface area contributed by atoms with Crippen LogP contribution in [0.5, 0.6) is 0 Å². The van der Waals surface area contributed by atoms with E-state index in [-0.39, 0.29) is 11.5 Å². The molecule has 1 atom stereocenters. The molecule has 1 N–H and O–H groups in total. The first-order chi connectivity index (χ1) is 7.87. The number of hydrogen-bond donors (Lipinski definition) is 1. The van der Waals surface area contributed by atoms with E-state index in [1.807, 2.05) is 0 Å². The molecule has 1 aliphatic carbocycles. The average Bonchev–Trinajstić information content (AvgIpc) is 2.97. The van der Waals surface area contributed by atoms with Gasteiger partial charge >= 0.3 is 6.18 Å². The van der Waals surface area contributed by atoms with Crippen LogP contribution in [-0.4, -0.2) is 7.05 Å². The highest BCUT2D eigenvalue weighted by molar-refractivity contribution is 5.30. The molecule has 1 aromatic carbocycles. The van der Waals surface area contributed by atoms with Gasteiger partial charge in [-0.2, -0.15) is 13.2 Å². The highest BCUT2D eigenvalue weighted by Gasteiger charge is 2.45. The van der Waals surface area contributed by atoms with E-state index in [2.05, 4.69) is 12.2 Å². The van der Waals surface area contributed by atoms with E-state index >= 15 is 0 Å². The van der Waals surface area contributed by atoms with Crippen molar-refractivity contribution in [1.29, 1.82) is 0 Å². The largest absolute Gasteiger partial charge is 0.416 e. The molecule has 1 nitrogen and oxygen atoms in total. The summed E-state index contributed by atoms with van der Waals surface area (Å²) in [6, 6.07) is 5.62. The Hall–Kier alpha value is -1.03. The number of alkyl halides is 3. The van der Waals surface area contributed by atoms with Gasteiger partial charge in [-0.15, -0.1) is 0 Å². The highest BCUT2D eigenvalue weighted by atomic mass is 19.4. The summed E-state index contributed by atoms with van der Waals surface area (Å²) >= 11 is 0. The topological polar surface area (TPSA) is 12.0 Å². The maximum absolute atomic E-state index is 12.6. The minimum Gasteiger partial charge on any atom is -0.313 e. The Morgan fingerprint density at radius 2 is 1.94 bits per heavy atom. The highest BCUT2D eigenvalue weighted by Crippen LogP contribution is 2.54. The Morgan fingerprint density at radius 1 is 1.29 bits per heavy atom. The van der Waals surface area contributed by atoms with Crippen LogP contribution < -0.4 is 5.32 Å². The summed E-state index contributed by atoms with van der Waals surface area (Å²) in [6.45, 7) is 2.11. The fourth-order valence-electron chi connectivity index (χ4n) is 2.30. The van der Waals surface area contributed by atoms with Crippen molar-refractivity contribution >= 4 is 0 Å². The van der Waals surface area contributed by atoms with E-state index in [4.69, 9.17) is 0 Å². The van der Waals surface area contributed by atoms with Crippen LogP contribution in [0.15, 0.2) is 24.3 Å². The van der Waals surface area contributed by atoms with Gasteiger partial charge in [-0.3, -0.25) is 0 Å². The van der Waals surface area contributed by atoms with Crippen molar-refractivity contribution in [3.05, 3.63) is 35.4 Å². The Balaban J connectivity index is 2.32. The van der Waals surface area contributed by atoms with Gasteiger partial charge in [-0.25, -0.2) is 0 Å². The molecule has 0 aliphatic heterocycles. The van der Waals surface area contributed by atoms with Crippen LogP contribution in [0.3, 0.4) is 0 Å². The Bertz CT molecular complexity index is 407. The Labute approximate surface area is 99.0 Å². The maximum atomic E-state index is 12.6. The third-order valence-corrected chi connectivity index (χ3v) is 3.57. The molecular weight excluding hydrogens is 227 g/mol. The van der Waals surface area contributed by atoms with Crippen LogP contribution in [0.2, 0.25) is 0 Å². The fourth-order valence-corrected chi connectivity index (χ4v) is 2.30. The zero-order valence-electron chi connectivity index (χ0n) is 9.93. The molecule has 17 heavy (non-hydrogen) atoms. The van der Waals surface area contributed by atoms with Crippen molar-refractivity contribution in [2.75, 3.05) is 7.05 Å². The molecule has 0 spiro atoms. The molecule has 1 aromatic rings. The molecule has 0 heterocycles. The van der Waals surface area contributed by atoms with Crippen molar-refractivity contribution in [3.63, 3.8) is 0 Å². The summed E-state index contributed by atoms with van der Waals surface area (Å²) in [7, 11) is 1.80. The van der Waals surface area contributed by atoms with Crippen LogP contribution in [-0.2, 0) is 6.18 Å². The lowest BCUT2D eigenvalue weighted by atomic mass is 9.91. The van der Waals surface area contributed by atoms with Crippen LogP contribution in [0.1, 0.15) is 36.9 Å². The first kappa shape index (κ1) is 12.4. The SMILES string of the molecule is CNC(c1cccc(C(F)(F)F)c1)C1(C)CC1. The van der Waals surface area contributed by atoms with Crippen LogP contribution in [0, 0.1) is 5.41 Å². The molecule has 1 saturated carbocycles. The molecule has 0 aromatic heterocycles. The zero-order chi connectivity index (χ0) is 12.7. The minimum absolute atomic E-state index is 0.00444. The van der Waals surface area contributed by atoms with Crippen molar-refractivity contribution in [2.24, 2.45) is 5.41 Å². The summed E-state index contributed by atoms with van der Waals surface area (Å²) in [5.41, 5.74) is 0.265. The molecule has 0 radical (unpaired) electrons. The summed E-state index contributed by atoms with van der Waals surface area (Å²) in [4.78, 5) is 0. The molecule has 0 amide bonds. The third-order valence-electron chi connectivity index (χ3n) is 3.57. The number of benzene rings is 1. The zero-order valence-corrected chi connectivity index (χ0v) is 9.93. The molecule has 4 heteroatoms. The predicted octanol–water partition coefficient (Wildman–Crippen LogP) is 3.77. The van der Waals surface area contributed by atoms with E-state index in [1.165, 1.54) is 12.1 Å². The van der Waals surface area contributed by atoms with Crippen molar-refractivity contribution in [1.82, 2.24) is 5.32 Å². The lowest BCUT2D eigenvalue weighted by Crippen LogP contribution is -2.24. The Kier molecular flexibility index (Phi) is 2.94. The number of hydrogen-bond acceptors (Lipinski definition) is 1. The molecular formula is C13H16F3N. The third kappa shape index (κ3) is 2.46. The minimum atomic E-state index is -4.27. The summed E-state index contributed by atoms with van der Waals surface area (Å²) in [5, 5.41) is 3.13. The summed E-state index contributed by atoms with van der Waals surface area (Å²) in [5.74, 6) is 0. The van der Waals surface area contributed by atoms with E-state index in [9.17, 15) is 13.2 Å². The number of nitrogens with one attached hydrogen (secondary N) is 1. The van der Waals surface area contributed by atoms with Crippen LogP contribution >= 0.6 is 0 Å². The first-order valence-electron chi connectivity index (χ1n) is 5.71. The summed E-state index contributed by atoms with van der Waals surface area (Å²) < 4.78 is 37.9. The molecule has 0 bridgehead atoms. The molecule has 1 fully saturated rings. The fraction of sp³-hybridized carbons (Fsp3) is 0.538. The second-order valence-corrected chi connectivity index (χ2v) is 5.00. The van der Waals surface area contributed by atoms with Gasteiger partial charge < -0.3 is 5.32 Å². The average molecular weight is 243 g/mol. The Morgan fingerprint density at radius 3 is 2.41 bits per heavy atom. The van der Waals surface area contributed by atoms with E-state index in [1.54, 1.807) is 13.1 Å². The van der Waals surface area contributed by atoms with E-state index in [0.29, 0.717) is 0 Å². The van der Waals surface area contributed by atoms with Crippen molar-refractivity contribution < 1.29 is 13.2 Å². The van der Waals surface area contributed by atoms with Gasteiger partial charge in [0.1, 0.15) is 0 Å². The van der Waals surface area contributed by atoms with Crippen LogP contribution in [0.4, 0.5) is 13.2 Å². The number of rotatable bonds is 3. The predicted molar refractivity (Wildman–Crippen MR) is 60.6 cm³/mol. The lowest BCUT2D eigenvalue weighted by molar-refractivity contribution is -0.137. The number of halogens is 3. The molecule has 2 rings (SSSR count). The van der Waals surface area contributed by atoms with Gasteiger partial charge in [0, 0.05) is 6.04 Å². The normalized spacial score (nSPS) is 20.1. The standard InChI is InChI=1S/C13H16F3N/c1-12(6-7-12)11(17-2)9-4-3-5-10(8-9)13(14,15)16/h3-5,8,11,17H,6-7H2,1-2H3. The van der Waals surface area contributed by atoms with Gasteiger partial charge in [-0.05, 0) is 43.0 Å². The lowest BCUT2D eigenvalue weighted by Gasteiger charge is -2.24. The monoisotopic (exact) mass is 243 g/mol. The van der Waals surface area contributed by atoms with E-state index < -0.39 is 11.7 Å². The van der Waals surface area contributed by atoms with Gasteiger partial charge in [0.25, 0.3) is 0 Å². The summed E-state index contributed by atoms with van der Waals surface area (Å²) in [6.07, 6.45) is -2.14. The maximum Gasteiger partial charge on any atom is 0.416 e. The van der Waals surface area contributed by atoms with Gasteiger partial charge in [0.2, 0.25) is 0 Å². The van der Waals surface area contributed by atoms with Crippen molar-refractivity contribution in [2.45, 2.75) is 32.0 Å². The molecule has 1 aliphatic rings. The van der Waals surface area contributed by atoms with Gasteiger partial charge in [-0.1, -0.05) is 19.1 Å².